The smallest absolute Gasteiger partial charge is 0.332 e. The van der Waals surface area contributed by atoms with Crippen molar-refractivity contribution < 1.29 is 14.3 Å². The fourth-order valence-corrected chi connectivity index (χ4v) is 2.45. The molecule has 0 heterocycles. The molecule has 0 bridgehead atoms. The van der Waals surface area contributed by atoms with Gasteiger partial charge in [0.15, 0.2) is 0 Å². The van der Waals surface area contributed by atoms with Crippen molar-refractivity contribution in [3.63, 3.8) is 0 Å². The quantitative estimate of drug-likeness (QED) is 0.398. The van der Waals surface area contributed by atoms with Gasteiger partial charge in [-0.2, -0.15) is 0 Å². The Morgan fingerprint density at radius 1 is 1.22 bits per heavy atom. The summed E-state index contributed by atoms with van der Waals surface area (Å²) < 4.78 is 10.1. The fraction of sp³-hybridized carbons (Fsp3) is 0.929. The molecule has 0 amide bonds. The maximum absolute atomic E-state index is 11.1. The zero-order valence-corrected chi connectivity index (χ0v) is 11.8. The fourth-order valence-electron chi connectivity index (χ4n) is 2.45. The first-order valence-corrected chi connectivity index (χ1v) is 7.17. The van der Waals surface area contributed by atoms with Crippen LogP contribution in [0.25, 0.3) is 0 Å². The highest BCUT2D eigenvalue weighted by Crippen LogP contribution is 2.20. The number of ether oxygens (including phenoxy) is 2. The third kappa shape index (κ3) is 6.36. The van der Waals surface area contributed by atoms with Crippen LogP contribution in [-0.4, -0.2) is 50.3 Å². The minimum atomic E-state index is -0.269. The summed E-state index contributed by atoms with van der Waals surface area (Å²) in [6.45, 7) is 3.80. The highest BCUT2D eigenvalue weighted by molar-refractivity contribution is 5.70. The molecule has 0 aromatic carbocycles. The normalized spacial score (nSPS) is 17.7. The molecule has 0 aliphatic heterocycles. The van der Waals surface area contributed by atoms with Crippen molar-refractivity contribution in [1.29, 1.82) is 0 Å². The van der Waals surface area contributed by atoms with E-state index >= 15 is 0 Å². The largest absolute Gasteiger partial charge is 0.464 e. The molecule has 1 saturated carbocycles. The SMILES string of the molecule is CCOC(=O)COCCN(C)C1CCCCCC1. The third-order valence-corrected chi connectivity index (χ3v) is 3.56. The Bertz CT molecular complexity index is 225. The van der Waals surface area contributed by atoms with Crippen LogP contribution in [0.3, 0.4) is 0 Å². The van der Waals surface area contributed by atoms with Crippen LogP contribution in [0.1, 0.15) is 45.4 Å². The summed E-state index contributed by atoms with van der Waals surface area (Å²) in [5.74, 6) is -0.269. The van der Waals surface area contributed by atoms with Crippen LogP contribution in [0.2, 0.25) is 0 Å². The van der Waals surface area contributed by atoms with E-state index in [4.69, 9.17) is 9.47 Å². The predicted molar refractivity (Wildman–Crippen MR) is 71.6 cm³/mol. The summed E-state index contributed by atoms with van der Waals surface area (Å²) in [7, 11) is 2.16. The lowest BCUT2D eigenvalue weighted by atomic mass is 10.1. The highest BCUT2D eigenvalue weighted by atomic mass is 16.6. The summed E-state index contributed by atoms with van der Waals surface area (Å²) in [5.41, 5.74) is 0. The number of carbonyl (C=O) groups excluding carboxylic acids is 1. The standard InChI is InChI=1S/C14H27NO3/c1-3-18-14(16)12-17-11-10-15(2)13-8-6-4-5-7-9-13/h13H,3-12H2,1-2H3. The van der Waals surface area contributed by atoms with Crippen molar-refractivity contribution >= 4 is 5.97 Å². The first-order valence-electron chi connectivity index (χ1n) is 7.17. The van der Waals surface area contributed by atoms with Gasteiger partial charge in [-0.15, -0.1) is 0 Å². The number of rotatable bonds is 7. The Balaban J connectivity index is 2.08. The van der Waals surface area contributed by atoms with Crippen LogP contribution in [0.15, 0.2) is 0 Å². The van der Waals surface area contributed by atoms with Crippen molar-refractivity contribution in [1.82, 2.24) is 4.90 Å². The van der Waals surface area contributed by atoms with E-state index in [0.29, 0.717) is 19.3 Å². The second kappa shape index (κ2) is 9.34. The molecule has 0 aromatic rings. The van der Waals surface area contributed by atoms with Crippen molar-refractivity contribution in [3.8, 4) is 0 Å². The molecular weight excluding hydrogens is 230 g/mol. The van der Waals surface area contributed by atoms with Crippen molar-refractivity contribution in [2.45, 2.75) is 51.5 Å². The molecular formula is C14H27NO3. The Morgan fingerprint density at radius 3 is 2.50 bits per heavy atom. The van der Waals surface area contributed by atoms with E-state index in [2.05, 4.69) is 11.9 Å². The van der Waals surface area contributed by atoms with Crippen LogP contribution in [0, 0.1) is 0 Å². The first kappa shape index (κ1) is 15.4. The summed E-state index contributed by atoms with van der Waals surface area (Å²) in [5, 5.41) is 0. The second-order valence-electron chi connectivity index (χ2n) is 4.98. The molecule has 4 heteroatoms. The van der Waals surface area contributed by atoms with Gasteiger partial charge >= 0.3 is 5.97 Å². The maximum Gasteiger partial charge on any atom is 0.332 e. The average molecular weight is 257 g/mol. The Morgan fingerprint density at radius 2 is 1.89 bits per heavy atom. The second-order valence-corrected chi connectivity index (χ2v) is 4.98. The van der Waals surface area contributed by atoms with Crippen molar-refractivity contribution in [2.24, 2.45) is 0 Å². The Labute approximate surface area is 111 Å². The molecule has 0 unspecified atom stereocenters. The number of likely N-dealkylation sites (N-methyl/N-ethyl adjacent to an activating group) is 1. The molecule has 1 aliphatic rings. The lowest BCUT2D eigenvalue weighted by Gasteiger charge is -2.26. The molecule has 0 atom stereocenters. The van der Waals surface area contributed by atoms with Gasteiger partial charge in [-0.1, -0.05) is 25.7 Å². The number of hydrogen-bond acceptors (Lipinski definition) is 4. The number of carbonyl (C=O) groups is 1. The van der Waals surface area contributed by atoms with Crippen LogP contribution in [-0.2, 0) is 14.3 Å². The Hall–Kier alpha value is -0.610. The highest BCUT2D eigenvalue weighted by Gasteiger charge is 2.16. The van der Waals surface area contributed by atoms with Gasteiger partial charge < -0.3 is 14.4 Å². The van der Waals surface area contributed by atoms with E-state index in [-0.39, 0.29) is 12.6 Å². The van der Waals surface area contributed by atoms with E-state index in [9.17, 15) is 4.79 Å². The van der Waals surface area contributed by atoms with Gasteiger partial charge in [0.05, 0.1) is 13.2 Å². The molecule has 1 rings (SSSR count). The lowest BCUT2D eigenvalue weighted by molar-refractivity contribution is -0.148. The number of hydrogen-bond donors (Lipinski definition) is 0. The molecule has 18 heavy (non-hydrogen) atoms. The van der Waals surface area contributed by atoms with Crippen LogP contribution in [0.4, 0.5) is 0 Å². The van der Waals surface area contributed by atoms with Gasteiger partial charge in [-0.25, -0.2) is 4.79 Å². The molecule has 0 saturated heterocycles. The van der Waals surface area contributed by atoms with E-state index < -0.39 is 0 Å². The van der Waals surface area contributed by atoms with E-state index in [1.54, 1.807) is 6.92 Å². The molecule has 1 aliphatic carbocycles. The minimum Gasteiger partial charge on any atom is -0.464 e. The number of nitrogens with zero attached hydrogens (tertiary/aromatic N) is 1. The van der Waals surface area contributed by atoms with Gasteiger partial charge in [0.25, 0.3) is 0 Å². The molecule has 0 aromatic heterocycles. The molecule has 0 N–H and O–H groups in total. The van der Waals surface area contributed by atoms with Crippen LogP contribution in [0.5, 0.6) is 0 Å². The van der Waals surface area contributed by atoms with Crippen LogP contribution < -0.4 is 0 Å². The molecule has 0 spiro atoms. The van der Waals surface area contributed by atoms with Gasteiger partial charge in [0, 0.05) is 12.6 Å². The van der Waals surface area contributed by atoms with E-state index in [0.717, 1.165) is 6.54 Å². The zero-order valence-electron chi connectivity index (χ0n) is 11.8. The zero-order chi connectivity index (χ0) is 13.2. The minimum absolute atomic E-state index is 0.0757. The summed E-state index contributed by atoms with van der Waals surface area (Å²) in [4.78, 5) is 13.4. The van der Waals surface area contributed by atoms with Crippen molar-refractivity contribution in [2.75, 3.05) is 33.4 Å². The predicted octanol–water partition coefficient (Wildman–Crippen LogP) is 2.22. The van der Waals surface area contributed by atoms with Gasteiger partial charge in [-0.05, 0) is 26.8 Å². The Kier molecular flexibility index (Phi) is 8.01. The van der Waals surface area contributed by atoms with Gasteiger partial charge in [-0.3, -0.25) is 0 Å². The molecule has 1 fully saturated rings. The summed E-state index contributed by atoms with van der Waals surface area (Å²) in [6.07, 6.45) is 8.05. The average Bonchev–Trinajstić information content (AvgIpc) is 2.63. The first-order chi connectivity index (χ1) is 8.74. The molecule has 0 radical (unpaired) electrons. The van der Waals surface area contributed by atoms with E-state index in [1.807, 2.05) is 0 Å². The van der Waals surface area contributed by atoms with E-state index in [1.165, 1.54) is 38.5 Å². The molecule has 106 valence electrons. The van der Waals surface area contributed by atoms with Gasteiger partial charge in [0.2, 0.25) is 0 Å². The van der Waals surface area contributed by atoms with Crippen molar-refractivity contribution in [3.05, 3.63) is 0 Å². The van der Waals surface area contributed by atoms with Gasteiger partial charge in [0.1, 0.15) is 6.61 Å². The van der Waals surface area contributed by atoms with Crippen LogP contribution >= 0.6 is 0 Å². The maximum atomic E-state index is 11.1. The third-order valence-electron chi connectivity index (χ3n) is 3.56. The monoisotopic (exact) mass is 257 g/mol. The topological polar surface area (TPSA) is 38.8 Å². The number of esters is 1. The summed E-state index contributed by atoms with van der Waals surface area (Å²) >= 11 is 0. The lowest BCUT2D eigenvalue weighted by Crippen LogP contribution is -2.34. The summed E-state index contributed by atoms with van der Waals surface area (Å²) in [6, 6.07) is 0.693. The molecule has 4 nitrogen and oxygen atoms in total.